The van der Waals surface area contributed by atoms with Gasteiger partial charge in [-0.2, -0.15) is 0 Å². The van der Waals surface area contributed by atoms with Crippen LogP contribution in [0.25, 0.3) is 0 Å². The predicted octanol–water partition coefficient (Wildman–Crippen LogP) is 2.39. The summed E-state index contributed by atoms with van der Waals surface area (Å²) in [5.74, 6) is 1.99. The number of aliphatic hydroxyl groups excluding tert-OH is 6. The van der Waals surface area contributed by atoms with Crippen LogP contribution in [0.5, 0.6) is 0 Å². The number of fused-ring (bicyclic) bond motifs is 7. The lowest BCUT2D eigenvalue weighted by Gasteiger charge is -2.61. The summed E-state index contributed by atoms with van der Waals surface area (Å²) in [6.07, 6.45) is -3.33. The quantitative estimate of drug-likeness (QED) is 0.234. The first kappa shape index (κ1) is 37.2. The van der Waals surface area contributed by atoms with Crippen molar-refractivity contribution in [3.8, 4) is 0 Å². The highest BCUT2D eigenvalue weighted by molar-refractivity contribution is 5.29. The molecule has 51 heavy (non-hydrogen) atoms. The Bertz CT molecular complexity index is 1320. The molecule has 4 heterocycles. The molecule has 8 rings (SSSR count). The van der Waals surface area contributed by atoms with Crippen molar-refractivity contribution in [2.24, 2.45) is 46.3 Å². The molecule has 22 atom stereocenters. The van der Waals surface area contributed by atoms with E-state index in [1.807, 2.05) is 0 Å². The van der Waals surface area contributed by atoms with Crippen LogP contribution in [0.2, 0.25) is 0 Å². The first-order chi connectivity index (χ1) is 24.1. The lowest BCUT2D eigenvalue weighted by molar-refractivity contribution is -0.329. The standard InChI is InChI=1S/C39H62O12/c1-17-9-12-39(46-16-17)18(2)28-26(51-39)15-25-23-8-7-21-13-22(49-35-33(44)31(42)29(40)19(3)47-35)14-27(38(21,6)24(23)10-11-37(25,28)5)50-36-34(45)32(43)30(41)20(4)48-36/h7,17-20,22-36,40-45H,8-16H2,1-6H3/t17?,18?,19?,20?,22?,23-,24+,25+,26+,27?,28+,29?,30?,31?,32?,33?,34?,35+,36+,37+,38+,39-/m1/s1. The maximum Gasteiger partial charge on any atom is 0.186 e. The van der Waals surface area contributed by atoms with Crippen LogP contribution in [-0.2, 0) is 28.4 Å². The SMILES string of the molecule is CC1CC[C@@]2(OC1)O[C@H]1C[C@H]3[C@@H]4CC=C5CC(O[C@@H]6OC(C)C(O)C(O)C6O)CC(O[C@@H]6OC(C)C(O)C(O)C6O)[C@]5(C)[C@H]4CC[C@]3(C)[C@H]1C2C. The zero-order valence-corrected chi connectivity index (χ0v) is 31.0. The average Bonchev–Trinajstić information content (AvgIpc) is 3.55. The predicted molar refractivity (Wildman–Crippen MR) is 182 cm³/mol. The van der Waals surface area contributed by atoms with Crippen LogP contribution in [0.4, 0.5) is 0 Å². The monoisotopic (exact) mass is 722 g/mol. The molecule has 0 aromatic heterocycles. The van der Waals surface area contributed by atoms with Crippen LogP contribution in [0.1, 0.15) is 92.9 Å². The van der Waals surface area contributed by atoms with E-state index in [0.29, 0.717) is 42.4 Å². The second-order valence-corrected chi connectivity index (χ2v) is 18.3. The normalized spacial score (nSPS) is 59.8. The summed E-state index contributed by atoms with van der Waals surface area (Å²) in [4.78, 5) is 0. The minimum atomic E-state index is -1.45. The van der Waals surface area contributed by atoms with Crippen molar-refractivity contribution < 1.29 is 59.1 Å². The molecule has 0 amide bonds. The van der Waals surface area contributed by atoms with Gasteiger partial charge >= 0.3 is 0 Å². The van der Waals surface area contributed by atoms with E-state index in [9.17, 15) is 30.6 Å². The Balaban J connectivity index is 1.08. The third-order valence-corrected chi connectivity index (χ3v) is 15.6. The molecule has 8 aliphatic rings. The summed E-state index contributed by atoms with van der Waals surface area (Å²) in [5, 5.41) is 63.8. The number of hydrogen-bond acceptors (Lipinski definition) is 12. The van der Waals surface area contributed by atoms with Crippen LogP contribution in [-0.4, -0.2) is 123 Å². The fourth-order valence-electron chi connectivity index (χ4n) is 12.6. The Morgan fingerprint density at radius 3 is 2.02 bits per heavy atom. The van der Waals surface area contributed by atoms with Crippen molar-refractivity contribution in [3.05, 3.63) is 11.6 Å². The Hall–Kier alpha value is -0.740. The third-order valence-electron chi connectivity index (χ3n) is 15.6. The first-order valence-corrected chi connectivity index (χ1v) is 19.8. The zero-order valence-electron chi connectivity index (χ0n) is 31.0. The van der Waals surface area contributed by atoms with Gasteiger partial charge in [-0.1, -0.05) is 39.3 Å². The van der Waals surface area contributed by atoms with E-state index in [1.54, 1.807) is 13.8 Å². The summed E-state index contributed by atoms with van der Waals surface area (Å²) in [6, 6.07) is 0. The molecule has 4 aliphatic heterocycles. The number of hydrogen-bond donors (Lipinski definition) is 6. The number of ether oxygens (including phenoxy) is 6. The largest absolute Gasteiger partial charge is 0.388 e. The molecule has 12 unspecified atom stereocenters. The van der Waals surface area contributed by atoms with Crippen molar-refractivity contribution in [2.45, 2.75) is 178 Å². The Kier molecular flexibility index (Phi) is 9.62. The molecule has 0 bridgehead atoms. The molecule has 1 spiro atoms. The molecule has 12 nitrogen and oxygen atoms in total. The molecule has 0 aromatic carbocycles. The van der Waals surface area contributed by atoms with Gasteiger partial charge in [-0.05, 0) is 87.4 Å². The van der Waals surface area contributed by atoms with E-state index in [4.69, 9.17) is 28.4 Å². The van der Waals surface area contributed by atoms with Crippen molar-refractivity contribution in [2.75, 3.05) is 6.61 Å². The maximum absolute atomic E-state index is 11.1. The fraction of sp³-hybridized carbons (Fsp3) is 0.949. The molecular formula is C39H62O12. The third kappa shape index (κ3) is 5.67. The Labute approximate surface area is 301 Å². The van der Waals surface area contributed by atoms with Gasteiger partial charge in [-0.25, -0.2) is 0 Å². The number of allylic oxidation sites excluding steroid dienone is 1. The zero-order chi connectivity index (χ0) is 36.4. The van der Waals surface area contributed by atoms with E-state index >= 15 is 0 Å². The highest BCUT2D eigenvalue weighted by Crippen LogP contribution is 2.71. The highest BCUT2D eigenvalue weighted by Gasteiger charge is 2.69. The summed E-state index contributed by atoms with van der Waals surface area (Å²) >= 11 is 0. The number of rotatable bonds is 4. The van der Waals surface area contributed by atoms with Crippen molar-refractivity contribution in [1.29, 1.82) is 0 Å². The molecule has 0 radical (unpaired) electrons. The van der Waals surface area contributed by atoms with Crippen molar-refractivity contribution in [3.63, 3.8) is 0 Å². The van der Waals surface area contributed by atoms with Gasteiger partial charge in [0.15, 0.2) is 18.4 Å². The molecule has 7 fully saturated rings. The highest BCUT2D eigenvalue weighted by atomic mass is 16.7. The van der Waals surface area contributed by atoms with Gasteiger partial charge in [0.1, 0.15) is 36.6 Å². The van der Waals surface area contributed by atoms with E-state index in [1.165, 1.54) is 5.57 Å². The molecule has 290 valence electrons. The molecule has 3 saturated carbocycles. The van der Waals surface area contributed by atoms with E-state index < -0.39 is 84.8 Å². The minimum Gasteiger partial charge on any atom is -0.388 e. The minimum absolute atomic E-state index is 0.119. The molecular weight excluding hydrogens is 660 g/mol. The van der Waals surface area contributed by atoms with E-state index in [2.05, 4.69) is 33.8 Å². The fourth-order valence-corrected chi connectivity index (χ4v) is 12.6. The summed E-state index contributed by atoms with van der Waals surface area (Å²) in [6.45, 7) is 13.4. The van der Waals surface area contributed by atoms with E-state index in [0.717, 1.165) is 45.1 Å². The van der Waals surface area contributed by atoms with Crippen LogP contribution in [0.3, 0.4) is 0 Å². The summed E-state index contributed by atoms with van der Waals surface area (Å²) in [5.41, 5.74) is 0.868. The smallest absolute Gasteiger partial charge is 0.186 e. The lowest BCUT2D eigenvalue weighted by atomic mass is 9.46. The topological polar surface area (TPSA) is 177 Å². The number of aliphatic hydroxyl groups is 6. The van der Waals surface area contributed by atoms with Crippen LogP contribution in [0.15, 0.2) is 11.6 Å². The lowest BCUT2D eigenvalue weighted by Crippen LogP contribution is -2.62. The van der Waals surface area contributed by atoms with Gasteiger partial charge < -0.3 is 59.1 Å². The van der Waals surface area contributed by atoms with Gasteiger partial charge in [-0.3, -0.25) is 0 Å². The van der Waals surface area contributed by atoms with Crippen LogP contribution < -0.4 is 0 Å². The van der Waals surface area contributed by atoms with Crippen molar-refractivity contribution >= 4 is 0 Å². The first-order valence-electron chi connectivity index (χ1n) is 19.8. The molecule has 4 saturated heterocycles. The molecule has 6 N–H and O–H groups in total. The van der Waals surface area contributed by atoms with Crippen molar-refractivity contribution in [1.82, 2.24) is 0 Å². The maximum atomic E-state index is 11.1. The van der Waals surface area contributed by atoms with Crippen LogP contribution >= 0.6 is 0 Å². The summed E-state index contributed by atoms with van der Waals surface area (Å²) < 4.78 is 38.5. The average molecular weight is 723 g/mol. The van der Waals surface area contributed by atoms with Gasteiger partial charge in [-0.15, -0.1) is 0 Å². The van der Waals surface area contributed by atoms with E-state index in [-0.39, 0.29) is 17.4 Å². The summed E-state index contributed by atoms with van der Waals surface area (Å²) in [7, 11) is 0. The molecule has 4 aliphatic carbocycles. The second-order valence-electron chi connectivity index (χ2n) is 18.3. The molecule has 0 aromatic rings. The van der Waals surface area contributed by atoms with Gasteiger partial charge in [0, 0.05) is 24.2 Å². The molecule has 12 heteroatoms. The Morgan fingerprint density at radius 1 is 0.745 bits per heavy atom. The van der Waals surface area contributed by atoms with Gasteiger partial charge in [0.2, 0.25) is 0 Å². The second kappa shape index (κ2) is 13.2. The Morgan fingerprint density at radius 2 is 1.39 bits per heavy atom. The van der Waals surface area contributed by atoms with Gasteiger partial charge in [0.25, 0.3) is 0 Å². The van der Waals surface area contributed by atoms with Gasteiger partial charge in [0.05, 0.1) is 37.1 Å². The van der Waals surface area contributed by atoms with Crippen LogP contribution in [0, 0.1) is 46.3 Å².